The average molecular weight is 489 g/mol. The Labute approximate surface area is 212 Å². The third-order valence-corrected chi connectivity index (χ3v) is 8.44. The van der Waals surface area contributed by atoms with Crippen LogP contribution < -0.4 is 4.74 Å². The number of aliphatic carboxylic acids is 1. The lowest BCUT2D eigenvalue weighted by atomic mass is 9.73. The third-order valence-electron chi connectivity index (χ3n) is 8.44. The molecule has 1 saturated heterocycles. The van der Waals surface area contributed by atoms with Crippen LogP contribution >= 0.6 is 0 Å². The van der Waals surface area contributed by atoms with Crippen LogP contribution in [0.5, 0.6) is 5.75 Å². The number of benzene rings is 2. The van der Waals surface area contributed by atoms with Crippen molar-refractivity contribution < 1.29 is 19.7 Å². The van der Waals surface area contributed by atoms with Crippen molar-refractivity contribution >= 4 is 16.9 Å². The fraction of sp³-hybridized carbons (Fsp3) is 0.467. The Kier molecular flexibility index (Phi) is 7.26. The summed E-state index contributed by atoms with van der Waals surface area (Å²) in [6.45, 7) is 3.65. The molecule has 2 N–H and O–H groups in total. The normalized spacial score (nSPS) is 25.3. The summed E-state index contributed by atoms with van der Waals surface area (Å²) < 4.78 is 5.35. The predicted octanol–water partition coefficient (Wildman–Crippen LogP) is 5.33. The van der Waals surface area contributed by atoms with E-state index in [1.807, 2.05) is 24.3 Å². The van der Waals surface area contributed by atoms with Gasteiger partial charge >= 0.3 is 5.97 Å². The monoisotopic (exact) mass is 488 g/mol. The Bertz CT molecular complexity index is 1210. The first kappa shape index (κ1) is 24.7. The van der Waals surface area contributed by atoms with Crippen molar-refractivity contribution in [2.75, 3.05) is 20.2 Å². The molecule has 2 aromatic carbocycles. The van der Waals surface area contributed by atoms with Crippen molar-refractivity contribution in [3.63, 3.8) is 0 Å². The lowest BCUT2D eigenvalue weighted by molar-refractivity contribution is -0.147. The fourth-order valence-corrected chi connectivity index (χ4v) is 6.07. The van der Waals surface area contributed by atoms with Gasteiger partial charge in [0.25, 0.3) is 0 Å². The molecule has 2 heterocycles. The van der Waals surface area contributed by atoms with Gasteiger partial charge in [-0.1, -0.05) is 29.8 Å². The molecule has 0 radical (unpaired) electrons. The summed E-state index contributed by atoms with van der Waals surface area (Å²) in [6.07, 6.45) is 5.35. The number of rotatable bonds is 8. The number of likely N-dealkylation sites (tertiary alicyclic amines) is 1. The minimum absolute atomic E-state index is 0.0732. The molecule has 6 nitrogen and oxygen atoms in total. The number of ether oxygens (including phenoxy) is 1. The second kappa shape index (κ2) is 10.6. The molecule has 1 aromatic heterocycles. The van der Waals surface area contributed by atoms with E-state index in [-0.39, 0.29) is 5.92 Å². The number of nitrogens with zero attached hydrogens (tertiary/aromatic N) is 2. The molecular weight excluding hydrogens is 452 g/mol. The second-order valence-corrected chi connectivity index (χ2v) is 10.6. The molecule has 3 aromatic rings. The lowest BCUT2D eigenvalue weighted by Gasteiger charge is -2.47. The first-order chi connectivity index (χ1) is 17.4. The molecule has 190 valence electrons. The van der Waals surface area contributed by atoms with Gasteiger partial charge in [0.1, 0.15) is 5.75 Å². The molecule has 2 fully saturated rings. The maximum absolute atomic E-state index is 12.2. The van der Waals surface area contributed by atoms with E-state index in [4.69, 9.17) is 4.74 Å². The van der Waals surface area contributed by atoms with E-state index in [1.165, 1.54) is 11.1 Å². The van der Waals surface area contributed by atoms with Gasteiger partial charge in [-0.2, -0.15) is 0 Å². The van der Waals surface area contributed by atoms with Gasteiger partial charge in [0.15, 0.2) is 0 Å². The van der Waals surface area contributed by atoms with Crippen molar-refractivity contribution in [2.24, 2.45) is 11.8 Å². The zero-order valence-electron chi connectivity index (χ0n) is 21.1. The van der Waals surface area contributed by atoms with Crippen molar-refractivity contribution in [1.82, 2.24) is 9.88 Å². The Morgan fingerprint density at radius 2 is 1.94 bits per heavy atom. The molecule has 1 aliphatic heterocycles. The third kappa shape index (κ3) is 5.11. The number of hydrogen-bond acceptors (Lipinski definition) is 5. The van der Waals surface area contributed by atoms with E-state index < -0.39 is 18.0 Å². The van der Waals surface area contributed by atoms with Crippen LogP contribution in [0.3, 0.4) is 0 Å². The first-order valence-electron chi connectivity index (χ1n) is 13.1. The van der Waals surface area contributed by atoms with Crippen LogP contribution in [0.2, 0.25) is 0 Å². The number of pyridine rings is 1. The van der Waals surface area contributed by atoms with E-state index in [0.29, 0.717) is 31.3 Å². The molecule has 0 bridgehead atoms. The van der Waals surface area contributed by atoms with Crippen LogP contribution in [-0.2, 0) is 4.79 Å². The number of piperidine rings is 1. The highest BCUT2D eigenvalue weighted by atomic mass is 16.5. The van der Waals surface area contributed by atoms with E-state index >= 15 is 0 Å². The Morgan fingerprint density at radius 1 is 1.17 bits per heavy atom. The van der Waals surface area contributed by atoms with Gasteiger partial charge in [-0.15, -0.1) is 0 Å². The molecule has 5 rings (SSSR count). The largest absolute Gasteiger partial charge is 0.497 e. The highest BCUT2D eigenvalue weighted by Gasteiger charge is 2.41. The first-order valence-corrected chi connectivity index (χ1v) is 13.1. The van der Waals surface area contributed by atoms with E-state index in [9.17, 15) is 15.0 Å². The zero-order valence-corrected chi connectivity index (χ0v) is 21.1. The number of carboxylic acids is 1. The number of aromatic nitrogens is 1. The minimum atomic E-state index is -0.715. The lowest BCUT2D eigenvalue weighted by Crippen LogP contribution is -2.52. The van der Waals surface area contributed by atoms with E-state index in [1.54, 1.807) is 13.3 Å². The summed E-state index contributed by atoms with van der Waals surface area (Å²) in [5.41, 5.74) is 4.31. The number of carboxylic acid groups (broad SMARTS) is 1. The summed E-state index contributed by atoms with van der Waals surface area (Å²) >= 11 is 0. The summed E-state index contributed by atoms with van der Waals surface area (Å²) in [6, 6.07) is 16.8. The van der Waals surface area contributed by atoms with Gasteiger partial charge in [0, 0.05) is 24.2 Å². The van der Waals surface area contributed by atoms with Crippen molar-refractivity contribution in [2.45, 2.75) is 57.1 Å². The quantitative estimate of drug-likeness (QED) is 0.446. The summed E-state index contributed by atoms with van der Waals surface area (Å²) in [4.78, 5) is 19.0. The van der Waals surface area contributed by atoms with Crippen molar-refractivity contribution in [3.8, 4) is 5.75 Å². The van der Waals surface area contributed by atoms with Gasteiger partial charge < -0.3 is 14.9 Å². The number of methoxy groups -OCH3 is 1. The molecule has 1 aliphatic carbocycles. The van der Waals surface area contributed by atoms with E-state index in [2.05, 4.69) is 41.1 Å². The fourth-order valence-electron chi connectivity index (χ4n) is 6.07. The Morgan fingerprint density at radius 3 is 2.67 bits per heavy atom. The number of hydrogen-bond donors (Lipinski definition) is 2. The Hall–Kier alpha value is -2.96. The summed E-state index contributed by atoms with van der Waals surface area (Å²) in [5.74, 6) is 0.277. The number of aliphatic hydroxyl groups excluding tert-OH is 1. The number of carbonyl (C=O) groups is 1. The molecule has 1 unspecified atom stereocenters. The predicted molar refractivity (Wildman–Crippen MR) is 140 cm³/mol. The van der Waals surface area contributed by atoms with Crippen LogP contribution in [0.4, 0.5) is 0 Å². The van der Waals surface area contributed by atoms with Crippen LogP contribution in [0, 0.1) is 18.8 Å². The molecule has 3 atom stereocenters. The molecule has 6 heteroatoms. The van der Waals surface area contributed by atoms with Gasteiger partial charge in [-0.05, 0) is 92.8 Å². The highest BCUT2D eigenvalue weighted by molar-refractivity contribution is 5.83. The van der Waals surface area contributed by atoms with Gasteiger partial charge in [-0.25, -0.2) is 0 Å². The van der Waals surface area contributed by atoms with Gasteiger partial charge in [0.05, 0.1) is 24.6 Å². The van der Waals surface area contributed by atoms with Crippen LogP contribution in [0.1, 0.15) is 60.8 Å². The molecular formula is C30H36N2O4. The second-order valence-electron chi connectivity index (χ2n) is 10.6. The molecule has 0 amide bonds. The Balaban J connectivity index is 1.19. The van der Waals surface area contributed by atoms with E-state index in [0.717, 1.165) is 48.0 Å². The standard InChI is InChI=1S/C30H36N2O4/c1-19-3-5-20(6-4-19)22-15-23(16-22)32-14-12-21(27(18-32)30(34)35)7-10-29(33)25-11-13-31-28-9-8-24(36-2)17-26(25)28/h3-6,8-9,11,13,17,21-23,27,29,33H,7,10,12,14-16,18H2,1-2H3,(H,34,35)/t21-,22?,23?,27+,29?/m1/s1. The van der Waals surface area contributed by atoms with Crippen molar-refractivity contribution in [1.29, 1.82) is 0 Å². The highest BCUT2D eigenvalue weighted by Crippen LogP contribution is 2.42. The minimum Gasteiger partial charge on any atom is -0.497 e. The van der Waals surface area contributed by atoms with Crippen LogP contribution in [0.25, 0.3) is 10.9 Å². The molecule has 2 aliphatic rings. The van der Waals surface area contributed by atoms with Crippen molar-refractivity contribution in [3.05, 3.63) is 71.4 Å². The number of fused-ring (bicyclic) bond motifs is 1. The number of aliphatic hydroxyl groups is 1. The summed E-state index contributed by atoms with van der Waals surface area (Å²) in [5, 5.41) is 22.0. The average Bonchev–Trinajstić information content (AvgIpc) is 2.87. The van der Waals surface area contributed by atoms with Gasteiger partial charge in [0.2, 0.25) is 0 Å². The zero-order chi connectivity index (χ0) is 25.2. The maximum atomic E-state index is 12.2. The SMILES string of the molecule is COc1ccc2nccc(C(O)CC[C@@H]3CCN(C4CC(c5ccc(C)cc5)C4)C[C@@H]3C(=O)O)c2c1. The van der Waals surface area contributed by atoms with Gasteiger partial charge in [-0.3, -0.25) is 14.7 Å². The molecule has 1 saturated carbocycles. The molecule has 36 heavy (non-hydrogen) atoms. The van der Waals surface area contributed by atoms with Crippen LogP contribution in [0.15, 0.2) is 54.7 Å². The number of aryl methyl sites for hydroxylation is 1. The topological polar surface area (TPSA) is 82.9 Å². The van der Waals surface area contributed by atoms with Crippen LogP contribution in [-0.4, -0.2) is 52.3 Å². The smallest absolute Gasteiger partial charge is 0.308 e. The molecule has 0 spiro atoms. The summed E-state index contributed by atoms with van der Waals surface area (Å²) in [7, 11) is 1.62. The maximum Gasteiger partial charge on any atom is 0.308 e.